The monoisotopic (exact) mass is 376 g/mol. The summed E-state index contributed by atoms with van der Waals surface area (Å²) >= 11 is 3.32. The average molecular weight is 377 g/mol. The van der Waals surface area contributed by atoms with Crippen molar-refractivity contribution in [1.29, 1.82) is 0 Å². The minimum atomic E-state index is -0.481. The second-order valence-corrected chi connectivity index (χ2v) is 6.36. The van der Waals surface area contributed by atoms with Gasteiger partial charge in [0, 0.05) is 22.7 Å². The Morgan fingerprint density at radius 3 is 3.04 bits per heavy atom. The lowest BCUT2D eigenvalue weighted by molar-refractivity contribution is -0.120. The molecule has 5 nitrogen and oxygen atoms in total. The number of hydrogen-bond acceptors (Lipinski definition) is 4. The molecule has 6 heteroatoms. The van der Waals surface area contributed by atoms with E-state index in [4.69, 9.17) is 4.74 Å². The van der Waals surface area contributed by atoms with Gasteiger partial charge in [-0.2, -0.15) is 0 Å². The molecule has 2 heterocycles. The van der Waals surface area contributed by atoms with Crippen LogP contribution < -0.4 is 10.1 Å². The fourth-order valence-corrected chi connectivity index (χ4v) is 2.71. The summed E-state index contributed by atoms with van der Waals surface area (Å²) in [4.78, 5) is 16.3. The summed E-state index contributed by atoms with van der Waals surface area (Å²) in [6.07, 6.45) is 2.09. The number of halogens is 1. The number of amides is 1. The van der Waals surface area contributed by atoms with E-state index in [9.17, 15) is 9.90 Å². The van der Waals surface area contributed by atoms with Gasteiger partial charge in [-0.05, 0) is 39.7 Å². The van der Waals surface area contributed by atoms with Crippen LogP contribution in [0.1, 0.15) is 29.3 Å². The largest absolute Gasteiger partial charge is 0.493 e. The lowest BCUT2D eigenvalue weighted by Gasteiger charge is -2.22. The molecule has 1 aliphatic rings. The molecule has 0 saturated heterocycles. The van der Waals surface area contributed by atoms with Crippen LogP contribution in [0.4, 0.5) is 0 Å². The Hall–Kier alpha value is -1.92. The zero-order valence-electron chi connectivity index (χ0n) is 12.5. The van der Waals surface area contributed by atoms with Gasteiger partial charge in [-0.15, -0.1) is 0 Å². The van der Waals surface area contributed by atoms with Crippen LogP contribution in [0, 0.1) is 0 Å². The molecular formula is C17H17BrN2O3. The summed E-state index contributed by atoms with van der Waals surface area (Å²) in [6.45, 7) is 0.894. The smallest absolute Gasteiger partial charge is 0.224 e. The van der Waals surface area contributed by atoms with Gasteiger partial charge in [-0.1, -0.05) is 12.1 Å². The minimum absolute atomic E-state index is 0.0778. The highest BCUT2D eigenvalue weighted by molar-refractivity contribution is 9.10. The molecule has 1 atom stereocenters. The zero-order chi connectivity index (χ0) is 16.2. The van der Waals surface area contributed by atoms with Crippen LogP contribution in [-0.4, -0.2) is 22.6 Å². The fourth-order valence-electron chi connectivity index (χ4n) is 2.47. The van der Waals surface area contributed by atoms with Crippen molar-refractivity contribution in [2.45, 2.75) is 25.5 Å². The van der Waals surface area contributed by atoms with Gasteiger partial charge in [0.15, 0.2) is 0 Å². The van der Waals surface area contributed by atoms with E-state index >= 15 is 0 Å². The maximum atomic E-state index is 12.0. The Morgan fingerprint density at radius 2 is 2.26 bits per heavy atom. The Balaban J connectivity index is 1.58. The number of benzene rings is 1. The number of aliphatic hydroxyl groups excluding tert-OH is 1. The van der Waals surface area contributed by atoms with Crippen molar-refractivity contribution in [1.82, 2.24) is 10.3 Å². The average Bonchev–Trinajstić information content (AvgIpc) is 2.54. The topological polar surface area (TPSA) is 71.5 Å². The van der Waals surface area contributed by atoms with Gasteiger partial charge in [0.05, 0.1) is 31.4 Å². The molecule has 0 fully saturated rings. The number of aromatic nitrogens is 1. The van der Waals surface area contributed by atoms with E-state index in [0.717, 1.165) is 21.3 Å². The van der Waals surface area contributed by atoms with E-state index in [1.165, 1.54) is 0 Å². The maximum Gasteiger partial charge on any atom is 0.224 e. The van der Waals surface area contributed by atoms with Crippen LogP contribution in [0.5, 0.6) is 5.75 Å². The number of carbonyl (C=O) groups is 1. The van der Waals surface area contributed by atoms with Crippen LogP contribution >= 0.6 is 15.9 Å². The molecule has 0 spiro atoms. The SMILES string of the molecule is O=C(Cc1ccc2c(c1)OCCC2O)NCc1ccc(Br)cn1. The molecule has 0 radical (unpaired) electrons. The van der Waals surface area contributed by atoms with Crippen LogP contribution in [0.15, 0.2) is 41.0 Å². The number of pyridine rings is 1. The molecule has 0 saturated carbocycles. The number of aliphatic hydroxyl groups is 1. The Labute approximate surface area is 142 Å². The van der Waals surface area contributed by atoms with Crippen LogP contribution in [-0.2, 0) is 17.8 Å². The van der Waals surface area contributed by atoms with E-state index in [2.05, 4.69) is 26.2 Å². The molecule has 1 aromatic carbocycles. The van der Waals surface area contributed by atoms with Gasteiger partial charge in [0.2, 0.25) is 5.91 Å². The van der Waals surface area contributed by atoms with Crippen molar-refractivity contribution in [3.05, 3.63) is 57.8 Å². The van der Waals surface area contributed by atoms with E-state index in [1.807, 2.05) is 30.3 Å². The number of nitrogens with one attached hydrogen (secondary N) is 1. The van der Waals surface area contributed by atoms with E-state index in [0.29, 0.717) is 25.3 Å². The number of rotatable bonds is 4. The lowest BCUT2D eigenvalue weighted by Crippen LogP contribution is -2.25. The molecule has 0 aliphatic carbocycles. The summed E-state index contributed by atoms with van der Waals surface area (Å²) < 4.78 is 6.46. The molecular weight excluding hydrogens is 360 g/mol. The molecule has 120 valence electrons. The zero-order valence-corrected chi connectivity index (χ0v) is 14.0. The second-order valence-electron chi connectivity index (χ2n) is 5.45. The van der Waals surface area contributed by atoms with Crippen molar-refractivity contribution in [2.75, 3.05) is 6.61 Å². The van der Waals surface area contributed by atoms with Gasteiger partial charge >= 0.3 is 0 Å². The molecule has 1 aromatic heterocycles. The first kappa shape index (κ1) is 16.0. The van der Waals surface area contributed by atoms with Gasteiger partial charge in [-0.3, -0.25) is 9.78 Å². The molecule has 2 aromatic rings. The normalized spacial score (nSPS) is 16.3. The van der Waals surface area contributed by atoms with Gasteiger partial charge in [0.1, 0.15) is 5.75 Å². The van der Waals surface area contributed by atoms with E-state index in [-0.39, 0.29) is 12.3 Å². The van der Waals surface area contributed by atoms with Crippen LogP contribution in [0.3, 0.4) is 0 Å². The first-order chi connectivity index (χ1) is 11.1. The highest BCUT2D eigenvalue weighted by atomic mass is 79.9. The van der Waals surface area contributed by atoms with Crippen molar-refractivity contribution in [3.8, 4) is 5.75 Å². The third-order valence-electron chi connectivity index (χ3n) is 3.71. The highest BCUT2D eigenvalue weighted by Crippen LogP contribution is 2.32. The molecule has 1 unspecified atom stereocenters. The number of nitrogens with zero attached hydrogens (tertiary/aromatic N) is 1. The maximum absolute atomic E-state index is 12.0. The Bertz CT molecular complexity index is 703. The standard InChI is InChI=1S/C17H17BrN2O3/c18-12-2-3-13(19-9-12)10-20-17(22)8-11-1-4-14-15(21)5-6-23-16(14)7-11/h1-4,7,9,15,21H,5-6,8,10H2,(H,20,22). The molecule has 1 amide bonds. The first-order valence-corrected chi connectivity index (χ1v) is 8.22. The molecule has 0 bridgehead atoms. The summed E-state index contributed by atoms with van der Waals surface area (Å²) in [5.74, 6) is 0.592. The minimum Gasteiger partial charge on any atom is -0.493 e. The van der Waals surface area contributed by atoms with Crippen molar-refractivity contribution in [3.63, 3.8) is 0 Å². The predicted molar refractivity (Wildman–Crippen MR) is 89.0 cm³/mol. The predicted octanol–water partition coefficient (Wildman–Crippen LogP) is 2.52. The van der Waals surface area contributed by atoms with Crippen molar-refractivity contribution >= 4 is 21.8 Å². The summed E-state index contributed by atoms with van der Waals surface area (Å²) in [6, 6.07) is 9.26. The van der Waals surface area contributed by atoms with Crippen molar-refractivity contribution < 1.29 is 14.6 Å². The Kier molecular flexibility index (Phi) is 4.93. The Morgan fingerprint density at radius 1 is 1.39 bits per heavy atom. The third-order valence-corrected chi connectivity index (χ3v) is 4.17. The molecule has 2 N–H and O–H groups in total. The number of hydrogen-bond donors (Lipinski definition) is 2. The second kappa shape index (κ2) is 7.10. The van der Waals surface area contributed by atoms with Crippen LogP contribution in [0.2, 0.25) is 0 Å². The lowest BCUT2D eigenvalue weighted by atomic mass is 10.00. The van der Waals surface area contributed by atoms with Gasteiger partial charge in [-0.25, -0.2) is 0 Å². The highest BCUT2D eigenvalue weighted by Gasteiger charge is 2.19. The molecule has 3 rings (SSSR count). The van der Waals surface area contributed by atoms with Gasteiger partial charge in [0.25, 0.3) is 0 Å². The number of ether oxygens (including phenoxy) is 1. The van der Waals surface area contributed by atoms with Crippen LogP contribution in [0.25, 0.3) is 0 Å². The summed E-state index contributed by atoms with van der Waals surface area (Å²) in [5.41, 5.74) is 2.46. The third kappa shape index (κ3) is 4.09. The van der Waals surface area contributed by atoms with Crippen molar-refractivity contribution in [2.24, 2.45) is 0 Å². The quantitative estimate of drug-likeness (QED) is 0.859. The number of carbonyl (C=O) groups excluding carboxylic acids is 1. The summed E-state index contributed by atoms with van der Waals surface area (Å²) in [5, 5.41) is 12.7. The number of fused-ring (bicyclic) bond motifs is 1. The van der Waals surface area contributed by atoms with E-state index < -0.39 is 6.10 Å². The summed E-state index contributed by atoms with van der Waals surface area (Å²) in [7, 11) is 0. The first-order valence-electron chi connectivity index (χ1n) is 7.42. The fraction of sp³-hybridized carbons (Fsp3) is 0.294. The molecule has 1 aliphatic heterocycles. The van der Waals surface area contributed by atoms with E-state index in [1.54, 1.807) is 6.20 Å². The van der Waals surface area contributed by atoms with Gasteiger partial charge < -0.3 is 15.2 Å². The molecule has 23 heavy (non-hydrogen) atoms.